The first-order valence-electron chi connectivity index (χ1n) is 8.17. The zero-order valence-corrected chi connectivity index (χ0v) is 13.1. The summed E-state index contributed by atoms with van der Waals surface area (Å²) in [7, 11) is 0. The second kappa shape index (κ2) is 6.89. The van der Waals surface area contributed by atoms with Gasteiger partial charge in [0.25, 0.3) is 0 Å². The molecule has 1 aliphatic carbocycles. The molecule has 0 radical (unpaired) electrons. The Morgan fingerprint density at radius 1 is 1.05 bits per heavy atom. The Kier molecular flexibility index (Phi) is 4.69. The molecule has 0 heterocycles. The molecule has 1 unspecified atom stereocenters. The fourth-order valence-electron chi connectivity index (χ4n) is 3.10. The van der Waals surface area contributed by atoms with Gasteiger partial charge in [-0.15, -0.1) is 0 Å². The summed E-state index contributed by atoms with van der Waals surface area (Å²) in [6.45, 7) is 2.67. The van der Waals surface area contributed by atoms with Gasteiger partial charge in [0, 0.05) is 12.1 Å². The summed E-state index contributed by atoms with van der Waals surface area (Å²) in [4.78, 5) is 12.6. The lowest BCUT2D eigenvalue weighted by molar-refractivity contribution is 0.0950. The van der Waals surface area contributed by atoms with Crippen LogP contribution in [0.15, 0.2) is 48.5 Å². The summed E-state index contributed by atoms with van der Waals surface area (Å²) in [5.74, 6) is 0.185. The van der Waals surface area contributed by atoms with Crippen molar-refractivity contribution >= 4 is 5.78 Å². The van der Waals surface area contributed by atoms with Gasteiger partial charge >= 0.3 is 0 Å². The van der Waals surface area contributed by atoms with Crippen molar-refractivity contribution in [2.75, 3.05) is 0 Å². The van der Waals surface area contributed by atoms with Crippen LogP contribution in [0.3, 0.4) is 0 Å². The largest absolute Gasteiger partial charge is 0.303 e. The zero-order chi connectivity index (χ0) is 15.4. The molecule has 0 amide bonds. The quantitative estimate of drug-likeness (QED) is 0.846. The lowest BCUT2D eigenvalue weighted by atomic mass is 9.89. The van der Waals surface area contributed by atoms with E-state index in [4.69, 9.17) is 0 Å². The number of aryl methyl sites for hydroxylation is 2. The summed E-state index contributed by atoms with van der Waals surface area (Å²) in [6.07, 6.45) is 4.79. The third kappa shape index (κ3) is 3.45. The van der Waals surface area contributed by atoms with Crippen LogP contribution < -0.4 is 5.32 Å². The maximum Gasteiger partial charge on any atom is 0.179 e. The molecule has 0 spiro atoms. The summed E-state index contributed by atoms with van der Waals surface area (Å²) < 4.78 is 0. The molecule has 3 rings (SSSR count). The van der Waals surface area contributed by atoms with E-state index < -0.39 is 0 Å². The molecule has 0 bridgehead atoms. The van der Waals surface area contributed by atoms with E-state index in [1.54, 1.807) is 0 Å². The van der Waals surface area contributed by atoms with E-state index in [1.807, 2.05) is 31.2 Å². The Balaban J connectivity index is 1.65. The van der Waals surface area contributed by atoms with Crippen LogP contribution in [-0.2, 0) is 19.4 Å². The van der Waals surface area contributed by atoms with Gasteiger partial charge in [-0.3, -0.25) is 4.79 Å². The lowest BCUT2D eigenvalue weighted by Gasteiger charge is -2.18. The Bertz CT molecular complexity index is 648. The van der Waals surface area contributed by atoms with Gasteiger partial charge in [-0.25, -0.2) is 0 Å². The smallest absolute Gasteiger partial charge is 0.179 e. The van der Waals surface area contributed by atoms with Crippen molar-refractivity contribution in [3.05, 3.63) is 70.8 Å². The van der Waals surface area contributed by atoms with Crippen molar-refractivity contribution < 1.29 is 4.79 Å². The van der Waals surface area contributed by atoms with Crippen molar-refractivity contribution in [2.24, 2.45) is 0 Å². The highest BCUT2D eigenvalue weighted by Gasteiger charge is 2.17. The molecule has 2 heteroatoms. The van der Waals surface area contributed by atoms with Crippen molar-refractivity contribution in [1.82, 2.24) is 5.32 Å². The van der Waals surface area contributed by atoms with Crippen LogP contribution >= 0.6 is 0 Å². The molecule has 2 aromatic carbocycles. The van der Waals surface area contributed by atoms with Gasteiger partial charge in [0.15, 0.2) is 5.78 Å². The standard InChI is InChI=1S/C20H23NO/c1-15(21-14-16-7-3-2-4-8-16)20(22)19-12-11-17-9-5-6-10-18(17)13-19/h2-4,7-8,11-13,15,21H,5-6,9-10,14H2,1H3. The maximum absolute atomic E-state index is 12.6. The maximum atomic E-state index is 12.6. The van der Waals surface area contributed by atoms with Crippen LogP contribution in [-0.4, -0.2) is 11.8 Å². The molecule has 2 nitrogen and oxygen atoms in total. The van der Waals surface area contributed by atoms with Gasteiger partial charge in [0.2, 0.25) is 0 Å². The SMILES string of the molecule is CC(NCc1ccccc1)C(=O)c1ccc2c(c1)CCCC2. The number of Topliss-reactive ketones (excluding diaryl/α,β-unsaturated/α-hetero) is 1. The third-order valence-corrected chi connectivity index (χ3v) is 4.48. The van der Waals surface area contributed by atoms with E-state index in [0.717, 1.165) is 24.9 Å². The number of carbonyl (C=O) groups is 1. The molecule has 1 aliphatic rings. The minimum atomic E-state index is -0.165. The van der Waals surface area contributed by atoms with Crippen molar-refractivity contribution in [1.29, 1.82) is 0 Å². The summed E-state index contributed by atoms with van der Waals surface area (Å²) in [5.41, 5.74) is 4.83. The van der Waals surface area contributed by atoms with Gasteiger partial charge in [-0.2, -0.15) is 0 Å². The number of fused-ring (bicyclic) bond motifs is 1. The monoisotopic (exact) mass is 293 g/mol. The van der Waals surface area contributed by atoms with Crippen LogP contribution in [0.1, 0.15) is 46.8 Å². The minimum Gasteiger partial charge on any atom is -0.303 e. The highest BCUT2D eigenvalue weighted by molar-refractivity contribution is 6.00. The highest BCUT2D eigenvalue weighted by Crippen LogP contribution is 2.22. The van der Waals surface area contributed by atoms with Crippen molar-refractivity contribution in [3.8, 4) is 0 Å². The fourth-order valence-corrected chi connectivity index (χ4v) is 3.10. The Morgan fingerprint density at radius 3 is 2.55 bits per heavy atom. The average molecular weight is 293 g/mol. The molecular weight excluding hydrogens is 270 g/mol. The number of hydrogen-bond donors (Lipinski definition) is 1. The second-order valence-corrected chi connectivity index (χ2v) is 6.14. The van der Waals surface area contributed by atoms with E-state index in [-0.39, 0.29) is 11.8 Å². The third-order valence-electron chi connectivity index (χ3n) is 4.48. The van der Waals surface area contributed by atoms with Crippen molar-refractivity contribution in [3.63, 3.8) is 0 Å². The molecular formula is C20H23NO. The van der Waals surface area contributed by atoms with Gasteiger partial charge in [0.1, 0.15) is 0 Å². The first-order valence-corrected chi connectivity index (χ1v) is 8.17. The molecule has 114 valence electrons. The molecule has 2 aromatic rings. The number of benzene rings is 2. The lowest BCUT2D eigenvalue weighted by Crippen LogP contribution is -2.33. The molecule has 0 aromatic heterocycles. The molecule has 1 N–H and O–H groups in total. The van der Waals surface area contributed by atoms with E-state index in [0.29, 0.717) is 0 Å². The van der Waals surface area contributed by atoms with Crippen LogP contribution in [0.4, 0.5) is 0 Å². The molecule has 0 saturated heterocycles. The average Bonchev–Trinajstić information content (AvgIpc) is 2.59. The molecule has 0 aliphatic heterocycles. The summed E-state index contributed by atoms with van der Waals surface area (Å²) in [6, 6.07) is 16.3. The predicted molar refractivity (Wildman–Crippen MR) is 90.2 cm³/mol. The Hall–Kier alpha value is -1.93. The number of carbonyl (C=O) groups excluding carboxylic acids is 1. The van der Waals surface area contributed by atoms with E-state index in [9.17, 15) is 4.79 Å². The number of ketones is 1. The van der Waals surface area contributed by atoms with Crippen molar-refractivity contribution in [2.45, 2.75) is 45.2 Å². The second-order valence-electron chi connectivity index (χ2n) is 6.14. The minimum absolute atomic E-state index is 0.165. The Labute approximate surface area is 132 Å². The molecule has 0 saturated carbocycles. The normalized spacial score (nSPS) is 15.1. The number of hydrogen-bond acceptors (Lipinski definition) is 2. The fraction of sp³-hybridized carbons (Fsp3) is 0.350. The van der Waals surface area contributed by atoms with Crippen LogP contribution in [0.2, 0.25) is 0 Å². The summed E-state index contributed by atoms with van der Waals surface area (Å²) >= 11 is 0. The van der Waals surface area contributed by atoms with Crippen LogP contribution in [0, 0.1) is 0 Å². The highest BCUT2D eigenvalue weighted by atomic mass is 16.1. The number of nitrogens with one attached hydrogen (secondary N) is 1. The number of rotatable bonds is 5. The van der Waals surface area contributed by atoms with E-state index in [1.165, 1.54) is 29.5 Å². The van der Waals surface area contributed by atoms with Crippen LogP contribution in [0.25, 0.3) is 0 Å². The van der Waals surface area contributed by atoms with Gasteiger partial charge in [-0.1, -0.05) is 42.5 Å². The molecule has 22 heavy (non-hydrogen) atoms. The predicted octanol–water partition coefficient (Wildman–Crippen LogP) is 3.93. The first kappa shape index (κ1) is 15.0. The van der Waals surface area contributed by atoms with Crippen LogP contribution in [0.5, 0.6) is 0 Å². The van der Waals surface area contributed by atoms with Gasteiger partial charge < -0.3 is 5.32 Å². The van der Waals surface area contributed by atoms with E-state index in [2.05, 4.69) is 29.6 Å². The molecule has 0 fully saturated rings. The first-order chi connectivity index (χ1) is 10.7. The van der Waals surface area contributed by atoms with E-state index >= 15 is 0 Å². The Morgan fingerprint density at radius 2 is 1.77 bits per heavy atom. The molecule has 1 atom stereocenters. The van der Waals surface area contributed by atoms with Gasteiger partial charge in [0.05, 0.1) is 6.04 Å². The zero-order valence-electron chi connectivity index (χ0n) is 13.1. The van der Waals surface area contributed by atoms with Gasteiger partial charge in [-0.05, 0) is 55.4 Å². The summed E-state index contributed by atoms with van der Waals surface area (Å²) in [5, 5.41) is 3.33. The topological polar surface area (TPSA) is 29.1 Å².